The van der Waals surface area contributed by atoms with Crippen molar-refractivity contribution in [3.05, 3.63) is 65.7 Å². The molecule has 4 rings (SSSR count). The number of rotatable bonds is 2. The third kappa shape index (κ3) is 2.52. The predicted octanol–water partition coefficient (Wildman–Crippen LogP) is 6.05. The molecule has 0 spiro atoms. The molecular formula is C22H24. The van der Waals surface area contributed by atoms with Gasteiger partial charge in [0, 0.05) is 0 Å². The number of hydrogen-bond donors (Lipinski definition) is 0. The van der Waals surface area contributed by atoms with Gasteiger partial charge in [-0.15, -0.1) is 0 Å². The number of benzene rings is 2. The van der Waals surface area contributed by atoms with Crippen molar-refractivity contribution in [1.82, 2.24) is 0 Å². The van der Waals surface area contributed by atoms with Gasteiger partial charge in [-0.25, -0.2) is 0 Å². The summed E-state index contributed by atoms with van der Waals surface area (Å²) < 4.78 is 0. The maximum Gasteiger partial charge on any atom is -0.00193 e. The highest BCUT2D eigenvalue weighted by Crippen LogP contribution is 2.39. The largest absolute Gasteiger partial charge is 0.0949 e. The van der Waals surface area contributed by atoms with E-state index in [4.69, 9.17) is 0 Å². The fraction of sp³-hybridized carbons (Fsp3) is 0.364. The van der Waals surface area contributed by atoms with Crippen LogP contribution in [0.3, 0.4) is 0 Å². The van der Waals surface area contributed by atoms with Gasteiger partial charge in [-0.3, -0.25) is 0 Å². The second kappa shape index (κ2) is 5.76. The summed E-state index contributed by atoms with van der Waals surface area (Å²) in [7, 11) is 0. The van der Waals surface area contributed by atoms with Crippen molar-refractivity contribution < 1.29 is 0 Å². The summed E-state index contributed by atoms with van der Waals surface area (Å²) in [6, 6.07) is 15.9. The van der Waals surface area contributed by atoms with Crippen molar-refractivity contribution >= 4 is 5.57 Å². The maximum atomic E-state index is 4.34. The van der Waals surface area contributed by atoms with Crippen molar-refractivity contribution in [1.29, 1.82) is 0 Å². The van der Waals surface area contributed by atoms with E-state index in [0.717, 1.165) is 12.3 Å². The Hall–Kier alpha value is -1.82. The zero-order chi connectivity index (χ0) is 14.9. The molecule has 0 nitrogen and oxygen atoms in total. The van der Waals surface area contributed by atoms with Gasteiger partial charge in [-0.05, 0) is 52.1 Å². The fourth-order valence-corrected chi connectivity index (χ4v) is 4.23. The first-order chi connectivity index (χ1) is 10.8. The van der Waals surface area contributed by atoms with Gasteiger partial charge in [-0.2, -0.15) is 0 Å². The number of allylic oxidation sites excluding steroid dienone is 1. The van der Waals surface area contributed by atoms with Crippen LogP contribution in [0.5, 0.6) is 0 Å². The fourth-order valence-electron chi connectivity index (χ4n) is 4.23. The number of hydrogen-bond acceptors (Lipinski definition) is 0. The minimum Gasteiger partial charge on any atom is -0.0949 e. The Kier molecular flexibility index (Phi) is 3.62. The smallest absolute Gasteiger partial charge is 0.00193 e. The van der Waals surface area contributed by atoms with Gasteiger partial charge >= 0.3 is 0 Å². The van der Waals surface area contributed by atoms with Gasteiger partial charge in [0.2, 0.25) is 0 Å². The quantitative estimate of drug-likeness (QED) is 0.631. The van der Waals surface area contributed by atoms with Crippen molar-refractivity contribution in [3.63, 3.8) is 0 Å². The SMILES string of the molecule is C=C1Cc2ccccc2-c2ccc(CC3CCCCC3)cc21. The summed E-state index contributed by atoms with van der Waals surface area (Å²) in [6.07, 6.45) is 9.37. The summed E-state index contributed by atoms with van der Waals surface area (Å²) in [5.41, 5.74) is 8.35. The molecule has 0 unspecified atom stereocenters. The van der Waals surface area contributed by atoms with E-state index in [1.54, 1.807) is 0 Å². The van der Waals surface area contributed by atoms with Gasteiger partial charge in [0.05, 0.1) is 0 Å². The van der Waals surface area contributed by atoms with Gasteiger partial charge in [-0.1, -0.05) is 81.1 Å². The van der Waals surface area contributed by atoms with Crippen LogP contribution in [0.1, 0.15) is 48.8 Å². The summed E-state index contributed by atoms with van der Waals surface area (Å²) in [6.45, 7) is 4.34. The lowest BCUT2D eigenvalue weighted by molar-refractivity contribution is 0.356. The topological polar surface area (TPSA) is 0 Å². The normalized spacial score (nSPS) is 17.9. The third-order valence-electron chi connectivity index (χ3n) is 5.43. The Morgan fingerprint density at radius 2 is 1.68 bits per heavy atom. The van der Waals surface area contributed by atoms with Gasteiger partial charge in [0.15, 0.2) is 0 Å². The van der Waals surface area contributed by atoms with Crippen LogP contribution in [0.4, 0.5) is 0 Å². The zero-order valence-electron chi connectivity index (χ0n) is 13.3. The van der Waals surface area contributed by atoms with Crippen molar-refractivity contribution in [2.75, 3.05) is 0 Å². The van der Waals surface area contributed by atoms with E-state index in [9.17, 15) is 0 Å². The molecule has 0 radical (unpaired) electrons. The molecule has 2 aromatic rings. The summed E-state index contributed by atoms with van der Waals surface area (Å²) in [5.74, 6) is 0.899. The van der Waals surface area contributed by atoms with E-state index in [1.807, 2.05) is 0 Å². The highest BCUT2D eigenvalue weighted by atomic mass is 14.2. The molecule has 0 bridgehead atoms. The lowest BCUT2D eigenvalue weighted by Gasteiger charge is -2.25. The maximum absolute atomic E-state index is 4.34. The average Bonchev–Trinajstić information content (AvgIpc) is 2.56. The van der Waals surface area contributed by atoms with Crippen LogP contribution in [0, 0.1) is 5.92 Å². The van der Waals surface area contributed by atoms with Crippen LogP contribution >= 0.6 is 0 Å². The minimum atomic E-state index is 0.899. The number of fused-ring (bicyclic) bond motifs is 3. The molecule has 22 heavy (non-hydrogen) atoms. The molecule has 0 saturated heterocycles. The van der Waals surface area contributed by atoms with Crippen LogP contribution in [0.25, 0.3) is 16.7 Å². The highest BCUT2D eigenvalue weighted by molar-refractivity contribution is 5.87. The van der Waals surface area contributed by atoms with E-state index in [1.165, 1.54) is 71.9 Å². The molecule has 0 heteroatoms. The lowest BCUT2D eigenvalue weighted by Crippen LogP contribution is -2.10. The molecule has 112 valence electrons. The molecule has 1 saturated carbocycles. The zero-order valence-corrected chi connectivity index (χ0v) is 13.3. The first-order valence-corrected chi connectivity index (χ1v) is 8.70. The Labute approximate surface area is 133 Å². The lowest BCUT2D eigenvalue weighted by atomic mass is 9.80. The summed E-state index contributed by atoms with van der Waals surface area (Å²) >= 11 is 0. The minimum absolute atomic E-state index is 0.899. The van der Waals surface area contributed by atoms with Gasteiger partial charge < -0.3 is 0 Å². The van der Waals surface area contributed by atoms with Crippen molar-refractivity contribution in [3.8, 4) is 11.1 Å². The summed E-state index contributed by atoms with van der Waals surface area (Å²) in [5, 5.41) is 0. The average molecular weight is 288 g/mol. The van der Waals surface area contributed by atoms with Crippen molar-refractivity contribution in [2.45, 2.75) is 44.9 Å². The van der Waals surface area contributed by atoms with Crippen LogP contribution in [-0.2, 0) is 12.8 Å². The van der Waals surface area contributed by atoms with Crippen LogP contribution in [-0.4, -0.2) is 0 Å². The van der Waals surface area contributed by atoms with E-state index < -0.39 is 0 Å². The standard InChI is InChI=1S/C22H24/c1-16-13-19-9-5-6-10-20(19)21-12-11-18(15-22(16)21)14-17-7-3-2-4-8-17/h5-6,9-12,15,17H,1-4,7-8,13-14H2. The monoisotopic (exact) mass is 288 g/mol. The summed E-state index contributed by atoms with van der Waals surface area (Å²) in [4.78, 5) is 0. The second-order valence-corrected chi connectivity index (χ2v) is 7.03. The Balaban J connectivity index is 1.66. The first kappa shape index (κ1) is 13.8. The molecule has 0 aromatic heterocycles. The molecule has 0 atom stereocenters. The third-order valence-corrected chi connectivity index (χ3v) is 5.43. The van der Waals surface area contributed by atoms with Crippen molar-refractivity contribution in [2.24, 2.45) is 5.92 Å². The molecule has 2 aliphatic carbocycles. The molecule has 0 amide bonds. The molecular weight excluding hydrogens is 264 g/mol. The van der Waals surface area contributed by atoms with Crippen LogP contribution in [0.15, 0.2) is 49.0 Å². The van der Waals surface area contributed by atoms with E-state index in [2.05, 4.69) is 49.0 Å². The highest BCUT2D eigenvalue weighted by Gasteiger charge is 2.20. The second-order valence-electron chi connectivity index (χ2n) is 7.03. The van der Waals surface area contributed by atoms with E-state index in [0.29, 0.717) is 0 Å². The Bertz CT molecular complexity index is 702. The van der Waals surface area contributed by atoms with Crippen LogP contribution in [0.2, 0.25) is 0 Å². The van der Waals surface area contributed by atoms with Crippen LogP contribution < -0.4 is 0 Å². The molecule has 2 aromatic carbocycles. The molecule has 0 N–H and O–H groups in total. The van der Waals surface area contributed by atoms with E-state index >= 15 is 0 Å². The van der Waals surface area contributed by atoms with Gasteiger partial charge in [0.1, 0.15) is 0 Å². The Morgan fingerprint density at radius 3 is 2.55 bits per heavy atom. The molecule has 2 aliphatic rings. The molecule has 1 fully saturated rings. The molecule has 0 aliphatic heterocycles. The Morgan fingerprint density at radius 1 is 0.864 bits per heavy atom. The first-order valence-electron chi connectivity index (χ1n) is 8.70. The van der Waals surface area contributed by atoms with Gasteiger partial charge in [0.25, 0.3) is 0 Å². The van der Waals surface area contributed by atoms with E-state index in [-0.39, 0.29) is 0 Å². The predicted molar refractivity (Wildman–Crippen MR) is 94.9 cm³/mol. The molecule has 0 heterocycles.